The van der Waals surface area contributed by atoms with Crippen LogP contribution >= 0.6 is 0 Å². The second kappa shape index (κ2) is 3.08. The fourth-order valence-corrected chi connectivity index (χ4v) is 2.48. The molecule has 1 heterocycles. The summed E-state index contributed by atoms with van der Waals surface area (Å²) in [7, 11) is -3.60. The van der Waals surface area contributed by atoms with Crippen LogP contribution in [0.5, 0.6) is 5.75 Å². The summed E-state index contributed by atoms with van der Waals surface area (Å²) in [4.78, 5) is 11.6. The Kier molecular flexibility index (Phi) is 2.09. The van der Waals surface area contributed by atoms with Crippen LogP contribution in [0.2, 0.25) is 0 Å². The molecule has 5 heteroatoms. The van der Waals surface area contributed by atoms with Crippen LogP contribution in [-0.4, -0.2) is 19.9 Å². The van der Waals surface area contributed by atoms with Crippen LogP contribution < -0.4 is 4.18 Å². The van der Waals surface area contributed by atoms with Gasteiger partial charge >= 0.3 is 0 Å². The van der Waals surface area contributed by atoms with Crippen molar-refractivity contribution in [2.24, 2.45) is 0 Å². The van der Waals surface area contributed by atoms with Crippen LogP contribution in [0.25, 0.3) is 0 Å². The molecule has 1 atom stereocenters. The third-order valence-electron chi connectivity index (χ3n) is 2.16. The highest BCUT2D eigenvalue weighted by Crippen LogP contribution is 2.28. The van der Waals surface area contributed by atoms with Crippen molar-refractivity contribution in [3.63, 3.8) is 0 Å². The molecule has 1 N–H and O–H groups in total. The first-order valence-corrected chi connectivity index (χ1v) is 5.86. The lowest BCUT2D eigenvalue weighted by atomic mass is 10.0. The molecule has 15 heavy (non-hydrogen) atoms. The molecule has 1 unspecified atom stereocenters. The van der Waals surface area contributed by atoms with Crippen molar-refractivity contribution in [3.05, 3.63) is 28.8 Å². The Balaban J connectivity index is 2.73. The summed E-state index contributed by atoms with van der Waals surface area (Å²) < 4.78 is 25.3. The fourth-order valence-electron chi connectivity index (χ4n) is 1.66. The molecule has 0 bridgehead atoms. The third-order valence-corrected chi connectivity index (χ3v) is 3.09. The maximum atomic E-state index is 11.6. The van der Waals surface area contributed by atoms with Crippen molar-refractivity contribution < 1.29 is 17.7 Å². The maximum Gasteiger partial charge on any atom is 0.250 e. The molecule has 1 aromatic carbocycles. The Bertz CT molecular complexity index is 565. The summed E-state index contributed by atoms with van der Waals surface area (Å²) in [6.45, 7) is 3.60. The number of rotatable bonds is 0. The summed E-state index contributed by atoms with van der Waals surface area (Å²) in [5.41, 5.74) is 2.01. The van der Waals surface area contributed by atoms with Gasteiger partial charge in [-0.3, -0.25) is 9.35 Å². The van der Waals surface area contributed by atoms with Crippen molar-refractivity contribution in [3.8, 4) is 5.75 Å². The molecule has 1 aliphatic heterocycles. The summed E-state index contributed by atoms with van der Waals surface area (Å²) in [5, 5.41) is 0.720. The Hall–Kier alpha value is -1.33. The zero-order chi connectivity index (χ0) is 11.2. The zero-order valence-corrected chi connectivity index (χ0v) is 9.13. The highest BCUT2D eigenvalue weighted by molar-refractivity contribution is 7.93. The highest BCUT2D eigenvalue weighted by Gasteiger charge is 2.24. The normalized spacial score (nSPS) is 24.1. The second-order valence-corrected chi connectivity index (χ2v) is 4.97. The number of hydrogen-bond donors (Lipinski definition) is 1. The molecule has 80 valence electrons. The van der Waals surface area contributed by atoms with E-state index in [1.807, 2.05) is 13.0 Å². The standard InChI is InChI=1S/C10H10O4S/c1-6-3-7(2)10-8(11)5-15(12,13)14-9(10)4-6/h3-5H,1-2H3,(H,12,13). The number of benzene rings is 1. The van der Waals surface area contributed by atoms with Crippen LogP contribution in [-0.2, 0) is 10.1 Å². The SMILES string of the molecule is Cc1cc(C)c2c(c1)OS(=O)(O)=CC2=O. The van der Waals surface area contributed by atoms with E-state index in [0.717, 1.165) is 16.5 Å². The highest BCUT2D eigenvalue weighted by atomic mass is 32.2. The Morgan fingerprint density at radius 2 is 2.00 bits per heavy atom. The fraction of sp³-hybridized carbons (Fsp3) is 0.200. The minimum Gasteiger partial charge on any atom is -0.389 e. The zero-order valence-electron chi connectivity index (χ0n) is 8.31. The molecule has 0 fully saturated rings. The Labute approximate surface area is 87.9 Å². The predicted octanol–water partition coefficient (Wildman–Crippen LogP) is 1.35. The first kappa shape index (κ1) is 10.2. The smallest absolute Gasteiger partial charge is 0.250 e. The van der Waals surface area contributed by atoms with E-state index in [4.69, 9.17) is 4.18 Å². The lowest BCUT2D eigenvalue weighted by Gasteiger charge is -2.17. The number of ketones is 1. The molecule has 0 spiro atoms. The summed E-state index contributed by atoms with van der Waals surface area (Å²) in [6.07, 6.45) is 0. The average molecular weight is 226 g/mol. The van der Waals surface area contributed by atoms with Crippen molar-refractivity contribution in [1.82, 2.24) is 0 Å². The first-order chi connectivity index (χ1) is 6.89. The summed E-state index contributed by atoms with van der Waals surface area (Å²) in [5.74, 6) is -0.270. The molecule has 0 aliphatic carbocycles. The van der Waals surface area contributed by atoms with Gasteiger partial charge in [-0.15, -0.1) is 0 Å². The minimum atomic E-state index is -3.60. The van der Waals surface area contributed by atoms with Gasteiger partial charge in [0.05, 0.1) is 5.56 Å². The van der Waals surface area contributed by atoms with E-state index in [0.29, 0.717) is 5.56 Å². The predicted molar refractivity (Wildman–Crippen MR) is 57.7 cm³/mol. The molecule has 4 nitrogen and oxygen atoms in total. The number of Topliss-reactive ketones (excluding diaryl/α,β-unsaturated/α-hetero) is 1. The summed E-state index contributed by atoms with van der Waals surface area (Å²) >= 11 is 0. The van der Waals surface area contributed by atoms with E-state index >= 15 is 0 Å². The third kappa shape index (κ3) is 1.75. The minimum absolute atomic E-state index is 0.188. The Morgan fingerprint density at radius 3 is 2.67 bits per heavy atom. The van der Waals surface area contributed by atoms with Crippen LogP contribution in [0.4, 0.5) is 0 Å². The second-order valence-electron chi connectivity index (χ2n) is 3.54. The summed E-state index contributed by atoms with van der Waals surface area (Å²) in [6, 6.07) is 3.42. The van der Waals surface area contributed by atoms with Crippen LogP contribution in [0.15, 0.2) is 12.1 Å². The van der Waals surface area contributed by atoms with Gasteiger partial charge in [0.2, 0.25) is 5.78 Å². The molecule has 0 saturated heterocycles. The number of fused-ring (bicyclic) bond motifs is 1. The van der Waals surface area contributed by atoms with Crippen molar-refractivity contribution in [2.45, 2.75) is 13.8 Å². The molecular weight excluding hydrogens is 216 g/mol. The van der Waals surface area contributed by atoms with Gasteiger partial charge in [0.1, 0.15) is 5.37 Å². The van der Waals surface area contributed by atoms with Gasteiger partial charge in [0, 0.05) is 0 Å². The van der Waals surface area contributed by atoms with Crippen LogP contribution in [0.3, 0.4) is 0 Å². The molecule has 0 amide bonds. The van der Waals surface area contributed by atoms with Crippen molar-refractivity contribution >= 4 is 21.2 Å². The van der Waals surface area contributed by atoms with E-state index in [-0.39, 0.29) is 5.75 Å². The van der Waals surface area contributed by atoms with Gasteiger partial charge in [-0.25, -0.2) is 0 Å². The number of hydrogen-bond acceptors (Lipinski definition) is 3. The molecule has 1 aromatic rings. The molecule has 0 saturated carbocycles. The van der Waals surface area contributed by atoms with Gasteiger partial charge in [-0.1, -0.05) is 6.07 Å². The van der Waals surface area contributed by atoms with E-state index in [9.17, 15) is 13.6 Å². The van der Waals surface area contributed by atoms with E-state index < -0.39 is 15.9 Å². The van der Waals surface area contributed by atoms with Gasteiger partial charge in [-0.05, 0) is 31.0 Å². The van der Waals surface area contributed by atoms with Gasteiger partial charge in [0.25, 0.3) is 10.1 Å². The molecule has 2 rings (SSSR count). The van der Waals surface area contributed by atoms with Gasteiger partial charge < -0.3 is 4.18 Å². The maximum absolute atomic E-state index is 11.6. The molecule has 0 aromatic heterocycles. The van der Waals surface area contributed by atoms with E-state index in [1.54, 1.807) is 13.0 Å². The molecule has 1 aliphatic rings. The lowest BCUT2D eigenvalue weighted by molar-refractivity contribution is 0.106. The van der Waals surface area contributed by atoms with Crippen molar-refractivity contribution in [2.75, 3.05) is 0 Å². The van der Waals surface area contributed by atoms with E-state index in [1.165, 1.54) is 0 Å². The van der Waals surface area contributed by atoms with E-state index in [2.05, 4.69) is 0 Å². The number of carbonyl (C=O) groups excluding carboxylic acids is 1. The quantitative estimate of drug-likeness (QED) is 0.678. The van der Waals surface area contributed by atoms with Gasteiger partial charge in [0.15, 0.2) is 5.75 Å². The molecular formula is C10H10O4S. The van der Waals surface area contributed by atoms with Crippen LogP contribution in [0.1, 0.15) is 21.5 Å². The van der Waals surface area contributed by atoms with Crippen LogP contribution in [0, 0.1) is 13.8 Å². The topological polar surface area (TPSA) is 63.6 Å². The first-order valence-electron chi connectivity index (χ1n) is 4.35. The Morgan fingerprint density at radius 1 is 1.33 bits per heavy atom. The largest absolute Gasteiger partial charge is 0.389 e. The number of carbonyl (C=O) groups is 1. The van der Waals surface area contributed by atoms with Gasteiger partial charge in [-0.2, -0.15) is 4.21 Å². The van der Waals surface area contributed by atoms with Crippen molar-refractivity contribution in [1.29, 1.82) is 0 Å². The molecule has 0 radical (unpaired) electrons. The monoisotopic (exact) mass is 226 g/mol. The number of aryl methyl sites for hydroxylation is 2. The average Bonchev–Trinajstić information content (AvgIpc) is 1.97. The lowest BCUT2D eigenvalue weighted by Crippen LogP contribution is -2.23.